The second-order valence-corrected chi connectivity index (χ2v) is 16.1. The molecule has 2 aromatic heterocycles. The van der Waals surface area contributed by atoms with Crippen molar-refractivity contribution < 1.29 is 32.5 Å². The summed E-state index contributed by atoms with van der Waals surface area (Å²) in [5.74, 6) is 0.292. The fourth-order valence-corrected chi connectivity index (χ4v) is 9.21. The lowest BCUT2D eigenvalue weighted by Crippen LogP contribution is -2.57. The number of amides is 1. The third-order valence-corrected chi connectivity index (χ3v) is 11.5. The highest BCUT2D eigenvalue weighted by Crippen LogP contribution is 2.44. The van der Waals surface area contributed by atoms with E-state index < -0.39 is 18.1 Å². The van der Waals surface area contributed by atoms with Gasteiger partial charge in [0.1, 0.15) is 41.7 Å². The second kappa shape index (κ2) is 14.0. The Kier molecular flexibility index (Phi) is 9.47. The number of anilines is 1. The maximum atomic E-state index is 17.2. The van der Waals surface area contributed by atoms with Gasteiger partial charge in [0.25, 0.3) is 0 Å². The maximum Gasteiger partial charge on any atom is 0.410 e. The molecule has 2 bridgehead atoms. The van der Waals surface area contributed by atoms with Gasteiger partial charge in [0.15, 0.2) is 12.6 Å². The Labute approximate surface area is 312 Å². The number of nitrogens with zero attached hydrogens (tertiary/aromatic N) is 6. The number of alkyl halides is 1. The van der Waals surface area contributed by atoms with Crippen LogP contribution >= 0.6 is 11.6 Å². The Hall–Kier alpha value is -4.07. The van der Waals surface area contributed by atoms with Crippen molar-refractivity contribution in [3.63, 3.8) is 0 Å². The third-order valence-electron chi connectivity index (χ3n) is 11.2. The topological polar surface area (TPSA) is 102 Å². The van der Waals surface area contributed by atoms with E-state index in [9.17, 15) is 9.18 Å². The minimum Gasteiger partial charge on any atom is -0.468 e. The van der Waals surface area contributed by atoms with Gasteiger partial charge < -0.3 is 23.8 Å². The first-order valence-electron chi connectivity index (χ1n) is 18.4. The molecule has 2 aromatic carbocycles. The van der Waals surface area contributed by atoms with Crippen LogP contribution < -0.4 is 14.4 Å². The van der Waals surface area contributed by atoms with Gasteiger partial charge in [-0.1, -0.05) is 23.7 Å². The van der Waals surface area contributed by atoms with Gasteiger partial charge >= 0.3 is 12.1 Å². The molecule has 4 aliphatic heterocycles. The molecule has 8 rings (SSSR count). The van der Waals surface area contributed by atoms with Crippen LogP contribution in [0, 0.1) is 5.82 Å². The zero-order chi connectivity index (χ0) is 37.1. The van der Waals surface area contributed by atoms with E-state index in [2.05, 4.69) is 14.8 Å². The van der Waals surface area contributed by atoms with E-state index in [0.717, 1.165) is 50.5 Å². The van der Waals surface area contributed by atoms with Crippen LogP contribution in [0.3, 0.4) is 0 Å². The number of piperazine rings is 1. The number of rotatable bonds is 9. The number of fused-ring (bicyclic) bond motifs is 5. The highest BCUT2D eigenvalue weighted by atomic mass is 35.5. The highest BCUT2D eigenvalue weighted by molar-refractivity contribution is 6.36. The van der Waals surface area contributed by atoms with Crippen LogP contribution in [0.5, 0.6) is 11.8 Å². The zero-order valence-electron chi connectivity index (χ0n) is 30.5. The quantitative estimate of drug-likeness (QED) is 0.159. The lowest BCUT2D eigenvalue weighted by Gasteiger charge is -2.42. The van der Waals surface area contributed by atoms with E-state index in [1.807, 2.05) is 43.9 Å². The van der Waals surface area contributed by atoms with E-state index in [0.29, 0.717) is 46.0 Å². The molecule has 6 heterocycles. The Morgan fingerprint density at radius 1 is 1.08 bits per heavy atom. The fraction of sp³-hybridized carbons (Fsp3) is 0.538. The molecule has 53 heavy (non-hydrogen) atoms. The van der Waals surface area contributed by atoms with Crippen molar-refractivity contribution in [2.24, 2.45) is 0 Å². The molecule has 4 atom stereocenters. The molecule has 0 radical (unpaired) electrons. The SMILES string of the molecule is COCOc1cc(-c2ncc3c(N4C[C@H]5CC[C@@H](C4)N5C(=O)OC(C)(C)C)nc(OCC45CCCN4C(CF)CC5)nc3c2F)c2c(Cl)cccc2c1. The first-order valence-corrected chi connectivity index (χ1v) is 18.8. The van der Waals surface area contributed by atoms with Crippen LogP contribution in [0.25, 0.3) is 32.9 Å². The molecule has 4 fully saturated rings. The van der Waals surface area contributed by atoms with E-state index in [-0.39, 0.29) is 60.4 Å². The minimum atomic E-state index is -0.657. The molecule has 11 nitrogen and oxygen atoms in total. The number of methoxy groups -OCH3 is 1. The average molecular weight is 751 g/mol. The van der Waals surface area contributed by atoms with Gasteiger partial charge in [0.05, 0.1) is 23.0 Å². The van der Waals surface area contributed by atoms with Crippen LogP contribution in [-0.4, -0.2) is 107 Å². The first-order chi connectivity index (χ1) is 25.5. The van der Waals surface area contributed by atoms with Crippen molar-refractivity contribution in [3.05, 3.63) is 47.4 Å². The smallest absolute Gasteiger partial charge is 0.410 e. The zero-order valence-corrected chi connectivity index (χ0v) is 31.3. The predicted molar refractivity (Wildman–Crippen MR) is 198 cm³/mol. The molecule has 1 amide bonds. The summed E-state index contributed by atoms with van der Waals surface area (Å²) in [7, 11) is 1.53. The first kappa shape index (κ1) is 35.9. The van der Waals surface area contributed by atoms with Crippen molar-refractivity contribution in [3.8, 4) is 23.0 Å². The number of carbonyl (C=O) groups is 1. The standard InChI is InChI=1S/C39H45ClF2N6O5/c1-38(2,3)53-37(49)48-25-9-10-26(48)20-46(19-25)35-29-18-43-33(28-16-27(52-22-50-4)15-23-7-5-8-30(40)31(23)28)32(42)34(29)44-36(45-35)51-21-39-12-6-14-47(39)24(17-41)11-13-39/h5,7-8,15-16,18,24-26H,6,9-14,17,19-22H2,1-4H3/t24?,25-,26+,39?. The Balaban J connectivity index is 1.21. The molecule has 0 saturated carbocycles. The molecular formula is C39H45ClF2N6O5. The number of pyridine rings is 1. The Bertz CT molecular complexity index is 2040. The summed E-state index contributed by atoms with van der Waals surface area (Å²) in [5.41, 5.74) is -0.394. The summed E-state index contributed by atoms with van der Waals surface area (Å²) in [5, 5.41) is 2.22. The molecule has 4 aliphatic rings. The molecule has 0 N–H and O–H groups in total. The van der Waals surface area contributed by atoms with Gasteiger partial charge in [-0.15, -0.1) is 0 Å². The summed E-state index contributed by atoms with van der Waals surface area (Å²) in [6.07, 6.45) is 6.32. The van der Waals surface area contributed by atoms with Gasteiger partial charge in [-0.25, -0.2) is 13.6 Å². The maximum absolute atomic E-state index is 17.2. The van der Waals surface area contributed by atoms with Crippen LogP contribution in [0.4, 0.5) is 19.4 Å². The molecule has 4 saturated heterocycles. The largest absolute Gasteiger partial charge is 0.468 e. The van der Waals surface area contributed by atoms with Crippen LogP contribution in [0.15, 0.2) is 36.5 Å². The van der Waals surface area contributed by atoms with Gasteiger partial charge in [-0.3, -0.25) is 14.8 Å². The molecule has 0 aliphatic carbocycles. The van der Waals surface area contributed by atoms with Crippen molar-refractivity contribution in [1.82, 2.24) is 24.8 Å². The third kappa shape index (κ3) is 6.58. The van der Waals surface area contributed by atoms with Crippen LogP contribution in [-0.2, 0) is 9.47 Å². The van der Waals surface area contributed by atoms with Gasteiger partial charge in [-0.05, 0) is 89.4 Å². The van der Waals surface area contributed by atoms with E-state index >= 15 is 4.39 Å². The van der Waals surface area contributed by atoms with Crippen molar-refractivity contribution in [1.29, 1.82) is 0 Å². The fourth-order valence-electron chi connectivity index (χ4n) is 8.93. The van der Waals surface area contributed by atoms with Crippen LogP contribution in [0.1, 0.15) is 59.3 Å². The van der Waals surface area contributed by atoms with E-state index in [1.54, 1.807) is 18.3 Å². The normalized spacial score (nSPS) is 24.3. The number of aromatic nitrogens is 3. The van der Waals surface area contributed by atoms with Gasteiger partial charge in [0, 0.05) is 48.4 Å². The monoisotopic (exact) mass is 750 g/mol. The van der Waals surface area contributed by atoms with E-state index in [1.165, 1.54) is 7.11 Å². The molecular weight excluding hydrogens is 706 g/mol. The number of ether oxygens (including phenoxy) is 4. The highest BCUT2D eigenvalue weighted by Gasteiger charge is 2.50. The summed E-state index contributed by atoms with van der Waals surface area (Å²) in [6.45, 7) is 7.23. The lowest BCUT2D eigenvalue weighted by molar-refractivity contribution is 0.0122. The minimum absolute atomic E-state index is 0.00456. The Morgan fingerprint density at radius 3 is 2.60 bits per heavy atom. The van der Waals surface area contributed by atoms with Crippen LogP contribution in [0.2, 0.25) is 5.02 Å². The number of benzene rings is 2. The van der Waals surface area contributed by atoms with E-state index in [4.69, 9.17) is 40.5 Å². The summed E-state index contributed by atoms with van der Waals surface area (Å²) >= 11 is 6.73. The summed E-state index contributed by atoms with van der Waals surface area (Å²) in [6, 6.07) is 8.67. The number of halogens is 3. The molecule has 14 heteroatoms. The van der Waals surface area contributed by atoms with Crippen molar-refractivity contribution >= 4 is 45.2 Å². The summed E-state index contributed by atoms with van der Waals surface area (Å²) in [4.78, 5) is 33.8. The average Bonchev–Trinajstić information content (AvgIpc) is 3.78. The Morgan fingerprint density at radius 2 is 1.87 bits per heavy atom. The van der Waals surface area contributed by atoms with Crippen molar-refractivity contribution in [2.75, 3.05) is 51.7 Å². The summed E-state index contributed by atoms with van der Waals surface area (Å²) < 4.78 is 54.3. The number of carbonyl (C=O) groups excluding carboxylic acids is 1. The van der Waals surface area contributed by atoms with Gasteiger partial charge in [0.2, 0.25) is 0 Å². The second-order valence-electron chi connectivity index (χ2n) is 15.7. The van der Waals surface area contributed by atoms with Crippen molar-refractivity contribution in [2.45, 2.75) is 88.6 Å². The van der Waals surface area contributed by atoms with Gasteiger partial charge in [-0.2, -0.15) is 9.97 Å². The molecule has 282 valence electrons. The lowest BCUT2D eigenvalue weighted by atomic mass is 9.95. The number of hydrogen-bond acceptors (Lipinski definition) is 10. The molecule has 4 aromatic rings. The number of hydrogen-bond donors (Lipinski definition) is 0. The molecule has 0 spiro atoms. The molecule has 2 unspecified atom stereocenters. The predicted octanol–water partition coefficient (Wildman–Crippen LogP) is 7.55.